The molecule has 25 heavy (non-hydrogen) atoms. The van der Waals surface area contributed by atoms with Crippen molar-refractivity contribution < 1.29 is 5.11 Å². The SMILES string of the molecule is OC1(c2cccnc2)[C@@H]2CCC[C@@H]1CN(Cc1cccc(Cl)c1Cl)C2. The van der Waals surface area contributed by atoms with Crippen LogP contribution in [0.3, 0.4) is 0 Å². The molecular formula is C20H22Cl2N2O. The van der Waals surface area contributed by atoms with Crippen LogP contribution in [0.1, 0.15) is 30.4 Å². The highest BCUT2D eigenvalue weighted by molar-refractivity contribution is 6.42. The number of halogens is 2. The summed E-state index contributed by atoms with van der Waals surface area (Å²) in [5.74, 6) is 0.448. The van der Waals surface area contributed by atoms with Crippen LogP contribution in [-0.2, 0) is 12.1 Å². The van der Waals surface area contributed by atoms with E-state index < -0.39 is 5.60 Å². The van der Waals surface area contributed by atoms with Crippen LogP contribution in [0.5, 0.6) is 0 Å². The summed E-state index contributed by atoms with van der Waals surface area (Å²) in [5, 5.41) is 12.8. The van der Waals surface area contributed by atoms with E-state index in [1.165, 1.54) is 6.42 Å². The zero-order chi connectivity index (χ0) is 17.4. The van der Waals surface area contributed by atoms with E-state index in [0.29, 0.717) is 10.0 Å². The highest BCUT2D eigenvalue weighted by Crippen LogP contribution is 2.49. The molecule has 1 saturated heterocycles. The molecule has 0 amide bonds. The third-order valence-corrected chi connectivity index (χ3v) is 6.71. The first kappa shape index (κ1) is 17.3. The van der Waals surface area contributed by atoms with E-state index in [4.69, 9.17) is 23.2 Å². The fourth-order valence-corrected chi connectivity index (χ4v) is 5.03. The Hall–Kier alpha value is -1.13. The monoisotopic (exact) mass is 376 g/mol. The van der Waals surface area contributed by atoms with Gasteiger partial charge in [-0.3, -0.25) is 9.88 Å². The van der Waals surface area contributed by atoms with Crippen molar-refractivity contribution in [3.63, 3.8) is 0 Å². The van der Waals surface area contributed by atoms with Crippen molar-refractivity contribution in [2.45, 2.75) is 31.4 Å². The zero-order valence-electron chi connectivity index (χ0n) is 14.0. The summed E-state index contributed by atoms with van der Waals surface area (Å²) in [6.07, 6.45) is 6.86. The molecule has 2 atom stereocenters. The van der Waals surface area contributed by atoms with E-state index in [0.717, 1.165) is 43.6 Å². The molecule has 4 rings (SSSR count). The molecular weight excluding hydrogens is 355 g/mol. The Morgan fingerprint density at radius 3 is 2.56 bits per heavy atom. The molecule has 5 heteroatoms. The van der Waals surface area contributed by atoms with Gasteiger partial charge in [0.25, 0.3) is 0 Å². The van der Waals surface area contributed by atoms with Crippen LogP contribution in [0.4, 0.5) is 0 Å². The van der Waals surface area contributed by atoms with Gasteiger partial charge in [0.1, 0.15) is 0 Å². The van der Waals surface area contributed by atoms with E-state index in [2.05, 4.69) is 9.88 Å². The summed E-state index contributed by atoms with van der Waals surface area (Å²) >= 11 is 12.5. The molecule has 0 spiro atoms. The highest BCUT2D eigenvalue weighted by Gasteiger charge is 2.51. The molecule has 1 aliphatic heterocycles. The van der Waals surface area contributed by atoms with Gasteiger partial charge in [-0.15, -0.1) is 0 Å². The number of aliphatic hydroxyl groups is 1. The van der Waals surface area contributed by atoms with Gasteiger partial charge in [0.15, 0.2) is 0 Å². The van der Waals surface area contributed by atoms with Crippen molar-refractivity contribution in [1.82, 2.24) is 9.88 Å². The smallest absolute Gasteiger partial charge is 0.0991 e. The van der Waals surface area contributed by atoms with E-state index >= 15 is 0 Å². The number of piperidine rings is 1. The molecule has 0 radical (unpaired) electrons. The van der Waals surface area contributed by atoms with Crippen LogP contribution in [0.2, 0.25) is 10.0 Å². The Morgan fingerprint density at radius 1 is 1.12 bits per heavy atom. The van der Waals surface area contributed by atoms with E-state index in [9.17, 15) is 5.11 Å². The second-order valence-electron chi connectivity index (χ2n) is 7.30. The van der Waals surface area contributed by atoms with Crippen LogP contribution in [0.25, 0.3) is 0 Å². The summed E-state index contributed by atoms with van der Waals surface area (Å²) in [6, 6.07) is 9.73. The highest BCUT2D eigenvalue weighted by atomic mass is 35.5. The molecule has 1 N–H and O–H groups in total. The van der Waals surface area contributed by atoms with Crippen LogP contribution in [0.15, 0.2) is 42.7 Å². The Balaban J connectivity index is 1.58. The van der Waals surface area contributed by atoms with Crippen molar-refractivity contribution in [2.24, 2.45) is 11.8 Å². The van der Waals surface area contributed by atoms with Crippen LogP contribution < -0.4 is 0 Å². The van der Waals surface area contributed by atoms with Gasteiger partial charge in [-0.25, -0.2) is 0 Å². The summed E-state index contributed by atoms with van der Waals surface area (Å²) in [5.41, 5.74) is 1.26. The molecule has 2 aliphatic rings. The number of pyridine rings is 1. The summed E-state index contributed by atoms with van der Waals surface area (Å²) in [4.78, 5) is 6.65. The molecule has 2 bridgehead atoms. The van der Waals surface area contributed by atoms with E-state index in [-0.39, 0.29) is 11.8 Å². The van der Waals surface area contributed by atoms with E-state index in [1.807, 2.05) is 36.5 Å². The molecule has 1 aromatic heterocycles. The normalized spacial score (nSPS) is 29.6. The van der Waals surface area contributed by atoms with Gasteiger partial charge >= 0.3 is 0 Å². The van der Waals surface area contributed by atoms with Crippen molar-refractivity contribution in [1.29, 1.82) is 0 Å². The lowest BCUT2D eigenvalue weighted by molar-refractivity contribution is -0.148. The van der Waals surface area contributed by atoms with Gasteiger partial charge in [-0.05, 0) is 30.5 Å². The molecule has 2 aromatic rings. The summed E-state index contributed by atoms with van der Waals surface area (Å²) in [6.45, 7) is 2.50. The second kappa shape index (κ2) is 6.88. The van der Waals surface area contributed by atoms with Gasteiger partial charge < -0.3 is 5.11 Å². The maximum atomic E-state index is 11.6. The quantitative estimate of drug-likeness (QED) is 0.855. The van der Waals surface area contributed by atoms with Gasteiger partial charge in [0, 0.05) is 49.4 Å². The lowest BCUT2D eigenvalue weighted by Crippen LogP contribution is -2.57. The van der Waals surface area contributed by atoms with Gasteiger partial charge in [-0.2, -0.15) is 0 Å². The van der Waals surface area contributed by atoms with Crippen molar-refractivity contribution in [3.8, 4) is 0 Å². The number of hydrogen-bond donors (Lipinski definition) is 1. The van der Waals surface area contributed by atoms with Crippen LogP contribution in [0, 0.1) is 11.8 Å². The minimum absolute atomic E-state index is 0.224. The van der Waals surface area contributed by atoms with Crippen molar-refractivity contribution in [2.75, 3.05) is 13.1 Å². The first-order valence-corrected chi connectivity index (χ1v) is 9.62. The number of likely N-dealkylation sites (tertiary alicyclic amines) is 1. The van der Waals surface area contributed by atoms with E-state index in [1.54, 1.807) is 6.20 Å². The number of rotatable bonds is 3. The standard InChI is InChI=1S/C20H22Cl2N2O/c21-18-8-1-4-14(19(18)22)11-24-12-16-5-2-6-17(13-24)20(16,25)15-7-3-9-23-10-15/h1,3-4,7-10,16-17,25H,2,5-6,11-13H2/t16-,17-/m1/s1. The average molecular weight is 377 g/mol. The molecule has 0 unspecified atom stereocenters. The number of hydrogen-bond acceptors (Lipinski definition) is 3. The maximum absolute atomic E-state index is 11.6. The third kappa shape index (κ3) is 3.08. The topological polar surface area (TPSA) is 36.4 Å². The molecule has 1 aliphatic carbocycles. The Bertz CT molecular complexity index is 739. The molecule has 2 fully saturated rings. The van der Waals surface area contributed by atoms with Gasteiger partial charge in [0.2, 0.25) is 0 Å². The number of nitrogens with zero attached hydrogens (tertiary/aromatic N) is 2. The van der Waals surface area contributed by atoms with Crippen LogP contribution in [-0.4, -0.2) is 28.1 Å². The van der Waals surface area contributed by atoms with Crippen molar-refractivity contribution in [3.05, 3.63) is 63.9 Å². The summed E-state index contributed by atoms with van der Waals surface area (Å²) < 4.78 is 0. The Labute approximate surface area is 158 Å². The van der Waals surface area contributed by atoms with Gasteiger partial charge in [0.05, 0.1) is 15.6 Å². The maximum Gasteiger partial charge on any atom is 0.0991 e. The first-order valence-electron chi connectivity index (χ1n) is 8.87. The Morgan fingerprint density at radius 2 is 1.88 bits per heavy atom. The van der Waals surface area contributed by atoms with Gasteiger partial charge in [-0.1, -0.05) is 47.8 Å². The Kier molecular flexibility index (Phi) is 4.76. The zero-order valence-corrected chi connectivity index (χ0v) is 15.5. The lowest BCUT2D eigenvalue weighted by Gasteiger charge is -2.53. The predicted octanol–water partition coefficient (Wildman–Crippen LogP) is 4.51. The van der Waals surface area contributed by atoms with Crippen LogP contribution >= 0.6 is 23.2 Å². The average Bonchev–Trinajstić information content (AvgIpc) is 2.60. The minimum Gasteiger partial charge on any atom is -0.384 e. The largest absolute Gasteiger partial charge is 0.384 e. The fraction of sp³-hybridized carbons (Fsp3) is 0.450. The predicted molar refractivity (Wildman–Crippen MR) is 101 cm³/mol. The number of benzene rings is 1. The number of aromatic nitrogens is 1. The molecule has 1 saturated carbocycles. The fourth-order valence-electron chi connectivity index (χ4n) is 4.65. The number of fused-ring (bicyclic) bond motifs is 2. The lowest BCUT2D eigenvalue weighted by atomic mass is 9.63. The summed E-state index contributed by atoms with van der Waals surface area (Å²) in [7, 11) is 0. The molecule has 3 nitrogen and oxygen atoms in total. The minimum atomic E-state index is -0.763. The first-order chi connectivity index (χ1) is 12.1. The van der Waals surface area contributed by atoms with Crippen molar-refractivity contribution >= 4 is 23.2 Å². The third-order valence-electron chi connectivity index (χ3n) is 5.86. The molecule has 132 valence electrons. The molecule has 1 aromatic carbocycles. The second-order valence-corrected chi connectivity index (χ2v) is 8.08. The molecule has 2 heterocycles.